The number of hydrogen-bond donors (Lipinski definition) is 1. The van der Waals surface area contributed by atoms with E-state index < -0.39 is 0 Å². The maximum absolute atomic E-state index is 5.42. The van der Waals surface area contributed by atoms with Crippen molar-refractivity contribution in [3.05, 3.63) is 17.1 Å². The summed E-state index contributed by atoms with van der Waals surface area (Å²) in [7, 11) is 4.81. The number of rotatable bonds is 7. The molecular weight excluding hydrogens is 290 g/mol. The van der Waals surface area contributed by atoms with Crippen LogP contribution in [0.1, 0.15) is 11.9 Å². The highest BCUT2D eigenvalue weighted by Crippen LogP contribution is 2.40. The Labute approximate surface area is 128 Å². The number of nitrogens with zero attached hydrogens (tertiary/aromatic N) is 2. The largest absolute Gasteiger partial charge is 0.496 e. The molecule has 6 nitrogen and oxygen atoms in total. The third kappa shape index (κ3) is 3.43. The van der Waals surface area contributed by atoms with Crippen molar-refractivity contribution in [1.29, 1.82) is 0 Å². The number of methoxy groups -OCH3 is 3. The van der Waals surface area contributed by atoms with Crippen LogP contribution in [0.25, 0.3) is 10.6 Å². The Morgan fingerprint density at radius 1 is 1.00 bits per heavy atom. The average molecular weight is 309 g/mol. The lowest BCUT2D eigenvalue weighted by atomic mass is 10.2. The smallest absolute Gasteiger partial charge is 0.164 e. The lowest BCUT2D eigenvalue weighted by Gasteiger charge is -2.12. The van der Waals surface area contributed by atoms with E-state index in [4.69, 9.17) is 14.2 Å². The molecule has 0 unspecified atom stereocenters. The predicted octanol–water partition coefficient (Wildman–Crippen LogP) is 2.34. The SMILES string of the molecule is CCNCc1nnc(-c2cc(OC)c(OC)cc2OC)s1. The highest BCUT2D eigenvalue weighted by molar-refractivity contribution is 7.14. The topological polar surface area (TPSA) is 65.5 Å². The molecular formula is C14H19N3O3S. The molecule has 0 saturated heterocycles. The first-order valence-electron chi connectivity index (χ1n) is 6.57. The lowest BCUT2D eigenvalue weighted by molar-refractivity contribution is 0.349. The van der Waals surface area contributed by atoms with Crippen LogP contribution in [0.5, 0.6) is 17.2 Å². The average Bonchev–Trinajstić information content (AvgIpc) is 3.00. The van der Waals surface area contributed by atoms with Crippen LogP contribution in [0, 0.1) is 0 Å². The molecule has 1 aromatic heterocycles. The molecule has 0 bridgehead atoms. The van der Waals surface area contributed by atoms with E-state index in [0.29, 0.717) is 23.8 Å². The second-order valence-electron chi connectivity index (χ2n) is 4.19. The van der Waals surface area contributed by atoms with Gasteiger partial charge in [0.1, 0.15) is 10.8 Å². The fraction of sp³-hybridized carbons (Fsp3) is 0.429. The third-order valence-corrected chi connectivity index (χ3v) is 3.89. The van der Waals surface area contributed by atoms with Crippen LogP contribution < -0.4 is 19.5 Å². The van der Waals surface area contributed by atoms with Gasteiger partial charge in [-0.1, -0.05) is 18.3 Å². The zero-order chi connectivity index (χ0) is 15.2. The molecule has 0 aliphatic heterocycles. The quantitative estimate of drug-likeness (QED) is 0.847. The zero-order valence-corrected chi connectivity index (χ0v) is 13.4. The van der Waals surface area contributed by atoms with Crippen molar-refractivity contribution >= 4 is 11.3 Å². The van der Waals surface area contributed by atoms with Crippen LogP contribution in [0.15, 0.2) is 12.1 Å². The molecule has 0 atom stereocenters. The Bertz CT molecular complexity index is 601. The molecule has 0 fully saturated rings. The molecule has 2 aromatic rings. The highest BCUT2D eigenvalue weighted by Gasteiger charge is 2.16. The van der Waals surface area contributed by atoms with Crippen LogP contribution >= 0.6 is 11.3 Å². The van der Waals surface area contributed by atoms with Crippen LogP contribution in [0.2, 0.25) is 0 Å². The summed E-state index contributed by atoms with van der Waals surface area (Å²) in [6.45, 7) is 3.66. The van der Waals surface area contributed by atoms with Crippen LogP contribution in [0.4, 0.5) is 0 Å². The minimum atomic E-state index is 0.621. The molecule has 1 aromatic carbocycles. The summed E-state index contributed by atoms with van der Waals surface area (Å²) in [5.74, 6) is 1.94. The molecule has 1 heterocycles. The second-order valence-corrected chi connectivity index (χ2v) is 5.25. The zero-order valence-electron chi connectivity index (χ0n) is 12.6. The monoisotopic (exact) mass is 309 g/mol. The second kappa shape index (κ2) is 7.24. The van der Waals surface area contributed by atoms with Crippen molar-refractivity contribution in [2.75, 3.05) is 27.9 Å². The molecule has 2 rings (SSSR count). The fourth-order valence-electron chi connectivity index (χ4n) is 1.86. The van der Waals surface area contributed by atoms with Crippen molar-refractivity contribution in [3.63, 3.8) is 0 Å². The molecule has 0 saturated carbocycles. The van der Waals surface area contributed by atoms with Gasteiger partial charge in [0.15, 0.2) is 16.5 Å². The number of nitrogens with one attached hydrogen (secondary N) is 1. The summed E-state index contributed by atoms with van der Waals surface area (Å²) in [5, 5.41) is 13.4. The highest BCUT2D eigenvalue weighted by atomic mass is 32.1. The number of aromatic nitrogens is 2. The molecule has 1 N–H and O–H groups in total. The van der Waals surface area contributed by atoms with E-state index in [0.717, 1.165) is 22.1 Å². The molecule has 0 amide bonds. The van der Waals surface area contributed by atoms with Crippen molar-refractivity contribution in [3.8, 4) is 27.8 Å². The van der Waals surface area contributed by atoms with Crippen molar-refractivity contribution in [2.45, 2.75) is 13.5 Å². The minimum Gasteiger partial charge on any atom is -0.496 e. The van der Waals surface area contributed by atoms with Crippen molar-refractivity contribution < 1.29 is 14.2 Å². The van der Waals surface area contributed by atoms with E-state index in [-0.39, 0.29) is 0 Å². The van der Waals surface area contributed by atoms with Gasteiger partial charge >= 0.3 is 0 Å². The van der Waals surface area contributed by atoms with E-state index >= 15 is 0 Å². The van der Waals surface area contributed by atoms with E-state index in [2.05, 4.69) is 22.4 Å². The normalized spacial score (nSPS) is 10.5. The number of ether oxygens (including phenoxy) is 3. The van der Waals surface area contributed by atoms with Crippen LogP contribution in [-0.4, -0.2) is 38.1 Å². The third-order valence-electron chi connectivity index (χ3n) is 2.93. The van der Waals surface area contributed by atoms with E-state index in [9.17, 15) is 0 Å². The van der Waals surface area contributed by atoms with Gasteiger partial charge in [-0.25, -0.2) is 0 Å². The van der Waals surface area contributed by atoms with Gasteiger partial charge in [-0.15, -0.1) is 10.2 Å². The number of benzene rings is 1. The van der Waals surface area contributed by atoms with Crippen molar-refractivity contribution in [2.24, 2.45) is 0 Å². The summed E-state index contributed by atoms with van der Waals surface area (Å²) in [6.07, 6.45) is 0. The molecule has 7 heteroatoms. The van der Waals surface area contributed by atoms with Crippen LogP contribution in [0.3, 0.4) is 0 Å². The Kier molecular flexibility index (Phi) is 5.35. The van der Waals surface area contributed by atoms with Gasteiger partial charge in [0.05, 0.1) is 26.9 Å². The first kappa shape index (κ1) is 15.5. The summed E-state index contributed by atoms with van der Waals surface area (Å²) in [4.78, 5) is 0. The minimum absolute atomic E-state index is 0.621. The maximum atomic E-state index is 5.42. The van der Waals surface area contributed by atoms with Gasteiger partial charge in [-0.3, -0.25) is 0 Å². The van der Waals surface area contributed by atoms with E-state index in [1.807, 2.05) is 6.07 Å². The summed E-state index contributed by atoms with van der Waals surface area (Å²) in [5.41, 5.74) is 0.843. The van der Waals surface area contributed by atoms with Crippen molar-refractivity contribution in [1.82, 2.24) is 15.5 Å². The van der Waals surface area contributed by atoms with Crippen LogP contribution in [-0.2, 0) is 6.54 Å². The van der Waals surface area contributed by atoms with Gasteiger partial charge in [0.25, 0.3) is 0 Å². The van der Waals surface area contributed by atoms with Gasteiger partial charge in [0.2, 0.25) is 0 Å². The van der Waals surface area contributed by atoms with Gasteiger partial charge in [-0.05, 0) is 12.6 Å². The fourth-order valence-corrected chi connectivity index (χ4v) is 2.69. The molecule has 0 aliphatic rings. The Balaban J connectivity index is 2.39. The van der Waals surface area contributed by atoms with Gasteiger partial charge in [0, 0.05) is 12.6 Å². The summed E-state index contributed by atoms with van der Waals surface area (Å²) >= 11 is 1.53. The number of hydrogen-bond acceptors (Lipinski definition) is 7. The standard InChI is InChI=1S/C14H19N3O3S/c1-5-15-8-13-16-17-14(21-13)9-6-11(19-3)12(20-4)7-10(9)18-2/h6-7,15H,5,8H2,1-4H3. The molecule has 0 spiro atoms. The van der Waals surface area contributed by atoms with Gasteiger partial charge in [-0.2, -0.15) is 0 Å². The maximum Gasteiger partial charge on any atom is 0.164 e. The molecule has 21 heavy (non-hydrogen) atoms. The summed E-state index contributed by atoms with van der Waals surface area (Å²) in [6, 6.07) is 3.65. The Hall–Kier alpha value is -1.86. The van der Waals surface area contributed by atoms with E-state index in [1.54, 1.807) is 27.4 Å². The Morgan fingerprint density at radius 3 is 2.29 bits per heavy atom. The molecule has 114 valence electrons. The first-order valence-corrected chi connectivity index (χ1v) is 7.38. The summed E-state index contributed by atoms with van der Waals surface area (Å²) < 4.78 is 16.0. The molecule has 0 radical (unpaired) electrons. The van der Waals surface area contributed by atoms with E-state index in [1.165, 1.54) is 11.3 Å². The Morgan fingerprint density at radius 2 is 1.67 bits per heavy atom. The predicted molar refractivity (Wildman–Crippen MR) is 82.4 cm³/mol. The lowest BCUT2D eigenvalue weighted by Crippen LogP contribution is -2.11. The van der Waals surface area contributed by atoms with Gasteiger partial charge < -0.3 is 19.5 Å². The first-order chi connectivity index (χ1) is 10.2. The molecule has 0 aliphatic carbocycles.